The van der Waals surface area contributed by atoms with E-state index in [1.807, 2.05) is 10.6 Å². The van der Waals surface area contributed by atoms with E-state index in [4.69, 9.17) is 23.9 Å². The highest BCUT2D eigenvalue weighted by atomic mass is 28.3. The molecule has 2 fully saturated rings. The SMILES string of the molecule is COCOc1cc(Oc2nc3nc(OC[C@@H]4CCC(=O)N4C)ncc3n2C2CCC2)c2c(C#C[Si](C(C)C)(C(C)C)C(C)C)c(F)ccc2c1. The summed E-state index contributed by atoms with van der Waals surface area (Å²) in [5.74, 6) is 3.95. The number of carbonyl (C=O) groups is 1. The summed E-state index contributed by atoms with van der Waals surface area (Å²) < 4.78 is 41.7. The van der Waals surface area contributed by atoms with Crippen LogP contribution in [0.3, 0.4) is 0 Å². The summed E-state index contributed by atoms with van der Waals surface area (Å²) in [5, 5.41) is 1.28. The number of imidazole rings is 1. The van der Waals surface area contributed by atoms with E-state index in [0.717, 1.165) is 31.1 Å². The highest BCUT2D eigenvalue weighted by Gasteiger charge is 2.42. The van der Waals surface area contributed by atoms with Gasteiger partial charge in [-0.1, -0.05) is 53.5 Å². The van der Waals surface area contributed by atoms with Crippen molar-refractivity contribution in [2.45, 2.75) is 102 Å². The van der Waals surface area contributed by atoms with Crippen molar-refractivity contribution in [3.63, 3.8) is 0 Å². The molecule has 1 aliphatic heterocycles. The van der Waals surface area contributed by atoms with Gasteiger partial charge in [-0.15, -0.1) is 5.54 Å². The van der Waals surface area contributed by atoms with E-state index in [0.29, 0.717) is 69.3 Å². The van der Waals surface area contributed by atoms with Gasteiger partial charge in [-0.2, -0.15) is 9.97 Å². The fourth-order valence-electron chi connectivity index (χ4n) is 7.71. The molecule has 1 aliphatic carbocycles. The van der Waals surface area contributed by atoms with E-state index in [1.54, 1.807) is 37.4 Å². The number of likely N-dealkylation sites (N-methyl/N-ethyl adjacent to an activating group) is 1. The first-order chi connectivity index (χ1) is 23.9. The van der Waals surface area contributed by atoms with Gasteiger partial charge in [0.15, 0.2) is 12.4 Å². The Labute approximate surface area is 294 Å². The number of nitrogens with zero attached hydrogens (tertiary/aromatic N) is 5. The van der Waals surface area contributed by atoms with Crippen LogP contribution in [0.25, 0.3) is 21.9 Å². The standard InChI is InChI=1S/C38H48FN5O5Si/c1-23(2)50(24(3)4,25(5)6)17-16-30-31(39)14-12-26-18-29(48-22-46-8)19-33(35(26)30)49-38-42-36-32(44(38)27-10-9-11-27)20-40-37(41-36)47-21-28-13-15-34(45)43(28)7/h12,14,18-20,23-25,27-28H,9-11,13,15,21-22H2,1-8H3/t28-/m0/s1. The zero-order valence-electron chi connectivity index (χ0n) is 30.4. The zero-order valence-corrected chi connectivity index (χ0v) is 31.4. The second-order valence-corrected chi connectivity index (χ2v) is 20.0. The Balaban J connectivity index is 1.46. The van der Waals surface area contributed by atoms with Gasteiger partial charge in [-0.25, -0.2) is 9.37 Å². The minimum Gasteiger partial charge on any atom is -0.467 e. The maximum Gasteiger partial charge on any atom is 0.318 e. The van der Waals surface area contributed by atoms with Crippen LogP contribution >= 0.6 is 0 Å². The Morgan fingerprint density at radius 1 is 1.02 bits per heavy atom. The van der Waals surface area contributed by atoms with Crippen LogP contribution in [0.5, 0.6) is 23.5 Å². The van der Waals surface area contributed by atoms with Crippen LogP contribution < -0.4 is 14.2 Å². The van der Waals surface area contributed by atoms with Crippen molar-refractivity contribution in [2.75, 3.05) is 27.6 Å². The number of hydrogen-bond acceptors (Lipinski definition) is 8. The van der Waals surface area contributed by atoms with Crippen molar-refractivity contribution in [1.82, 2.24) is 24.4 Å². The number of aromatic nitrogens is 4. The van der Waals surface area contributed by atoms with Crippen molar-refractivity contribution >= 4 is 35.9 Å². The van der Waals surface area contributed by atoms with Crippen molar-refractivity contribution in [3.05, 3.63) is 41.8 Å². The lowest BCUT2D eigenvalue weighted by Crippen LogP contribution is -2.43. The molecule has 2 aliphatic rings. The summed E-state index contributed by atoms with van der Waals surface area (Å²) in [5.41, 5.74) is 6.30. The predicted octanol–water partition coefficient (Wildman–Crippen LogP) is 8.19. The average molecular weight is 702 g/mol. The van der Waals surface area contributed by atoms with Gasteiger partial charge in [0.2, 0.25) is 5.91 Å². The number of rotatable bonds is 12. The van der Waals surface area contributed by atoms with E-state index in [9.17, 15) is 4.79 Å². The molecule has 0 bridgehead atoms. The molecule has 1 atom stereocenters. The summed E-state index contributed by atoms with van der Waals surface area (Å²) in [6.45, 7) is 13.8. The summed E-state index contributed by atoms with van der Waals surface area (Å²) in [7, 11) is 1.16. The van der Waals surface area contributed by atoms with Crippen molar-refractivity contribution in [1.29, 1.82) is 0 Å². The zero-order chi connectivity index (χ0) is 35.7. The maximum absolute atomic E-state index is 16.0. The van der Waals surface area contributed by atoms with Crippen molar-refractivity contribution < 1.29 is 28.1 Å². The van der Waals surface area contributed by atoms with Crippen LogP contribution in [0.1, 0.15) is 85.3 Å². The number of likely N-dealkylation sites (tertiary alicyclic amines) is 1. The molecule has 0 N–H and O–H groups in total. The maximum atomic E-state index is 16.0. The first-order valence-electron chi connectivity index (χ1n) is 17.7. The molecule has 2 aromatic carbocycles. The second kappa shape index (κ2) is 14.6. The van der Waals surface area contributed by atoms with Gasteiger partial charge >= 0.3 is 12.0 Å². The lowest BCUT2D eigenvalue weighted by atomic mass is 9.93. The van der Waals surface area contributed by atoms with Crippen LogP contribution in [-0.2, 0) is 9.53 Å². The summed E-state index contributed by atoms with van der Waals surface area (Å²) in [6, 6.07) is 7.40. The third-order valence-electron chi connectivity index (χ3n) is 10.7. The predicted molar refractivity (Wildman–Crippen MR) is 194 cm³/mol. The van der Waals surface area contributed by atoms with Crippen LogP contribution in [0.4, 0.5) is 4.39 Å². The summed E-state index contributed by atoms with van der Waals surface area (Å²) in [4.78, 5) is 27.7. The molecule has 266 valence electrons. The number of hydrogen-bond donors (Lipinski definition) is 0. The molecule has 0 unspecified atom stereocenters. The number of carbonyl (C=O) groups excluding carboxylic acids is 1. The van der Waals surface area contributed by atoms with Gasteiger partial charge in [-0.3, -0.25) is 9.36 Å². The van der Waals surface area contributed by atoms with Crippen LogP contribution in [0.15, 0.2) is 30.5 Å². The van der Waals surface area contributed by atoms with Gasteiger partial charge in [0.25, 0.3) is 0 Å². The van der Waals surface area contributed by atoms with Crippen molar-refractivity contribution in [2.24, 2.45) is 0 Å². The summed E-state index contributed by atoms with van der Waals surface area (Å²) >= 11 is 0. The van der Waals surface area contributed by atoms with E-state index < -0.39 is 13.9 Å². The van der Waals surface area contributed by atoms with Crippen LogP contribution in [0.2, 0.25) is 16.6 Å². The molecule has 4 aromatic rings. The average Bonchev–Trinajstić information content (AvgIpc) is 3.56. The Morgan fingerprint density at radius 2 is 1.76 bits per heavy atom. The van der Waals surface area contributed by atoms with Gasteiger partial charge < -0.3 is 23.8 Å². The Morgan fingerprint density at radius 3 is 2.38 bits per heavy atom. The number of fused-ring (bicyclic) bond motifs is 2. The molecule has 6 rings (SSSR count). The minimum atomic E-state index is -2.19. The van der Waals surface area contributed by atoms with E-state index >= 15 is 4.39 Å². The lowest BCUT2D eigenvalue weighted by molar-refractivity contribution is -0.127. The highest BCUT2D eigenvalue weighted by molar-refractivity contribution is 6.90. The number of amides is 1. The fourth-order valence-corrected chi connectivity index (χ4v) is 12.9. The largest absolute Gasteiger partial charge is 0.467 e. The molecule has 1 saturated heterocycles. The number of halogens is 1. The number of methoxy groups -OCH3 is 1. The van der Waals surface area contributed by atoms with Gasteiger partial charge in [0, 0.05) is 38.1 Å². The second-order valence-electron chi connectivity index (χ2n) is 14.5. The molecule has 3 heterocycles. The van der Waals surface area contributed by atoms with Crippen LogP contribution in [-0.4, -0.2) is 72.0 Å². The third kappa shape index (κ3) is 6.65. The Hall–Kier alpha value is -4.21. The fraction of sp³-hybridized carbons (Fsp3) is 0.526. The molecular weight excluding hydrogens is 654 g/mol. The Bertz CT molecular complexity index is 1930. The normalized spacial score (nSPS) is 16.8. The molecule has 10 nitrogen and oxygen atoms in total. The Kier molecular flexibility index (Phi) is 10.4. The summed E-state index contributed by atoms with van der Waals surface area (Å²) in [6.07, 6.45) is 5.95. The molecule has 0 radical (unpaired) electrons. The molecule has 50 heavy (non-hydrogen) atoms. The highest BCUT2D eigenvalue weighted by Crippen LogP contribution is 2.43. The molecule has 0 spiro atoms. The molecule has 1 saturated carbocycles. The first-order valence-corrected chi connectivity index (χ1v) is 19.9. The monoisotopic (exact) mass is 701 g/mol. The van der Waals surface area contributed by atoms with Crippen LogP contribution in [0, 0.1) is 17.3 Å². The quantitative estimate of drug-likeness (QED) is 0.0828. The minimum absolute atomic E-state index is 0.0266. The third-order valence-corrected chi connectivity index (χ3v) is 17.0. The number of ether oxygens (including phenoxy) is 4. The van der Waals surface area contributed by atoms with E-state index in [-0.39, 0.29) is 30.8 Å². The molecule has 1 amide bonds. The number of benzene rings is 2. The smallest absolute Gasteiger partial charge is 0.318 e. The molecular formula is C38H48FN5O5Si. The van der Waals surface area contributed by atoms with Gasteiger partial charge in [0.05, 0.1) is 17.8 Å². The van der Waals surface area contributed by atoms with E-state index in [1.165, 1.54) is 6.07 Å². The van der Waals surface area contributed by atoms with Gasteiger partial charge in [0.1, 0.15) is 37.5 Å². The molecule has 2 aromatic heterocycles. The lowest BCUT2D eigenvalue weighted by Gasteiger charge is -2.38. The van der Waals surface area contributed by atoms with E-state index in [2.05, 4.69) is 63.0 Å². The first kappa shape index (κ1) is 35.6. The van der Waals surface area contributed by atoms with Crippen molar-refractivity contribution in [3.8, 4) is 35.0 Å². The molecule has 12 heteroatoms. The topological polar surface area (TPSA) is 101 Å². The van der Waals surface area contributed by atoms with Gasteiger partial charge in [-0.05, 0) is 59.8 Å².